The molecule has 1 saturated heterocycles. The van der Waals surface area contributed by atoms with E-state index in [1.807, 2.05) is 34.6 Å². The summed E-state index contributed by atoms with van der Waals surface area (Å²) in [6.07, 6.45) is 3.78. The van der Waals surface area contributed by atoms with Gasteiger partial charge in [0.15, 0.2) is 6.10 Å². The summed E-state index contributed by atoms with van der Waals surface area (Å²) in [7, 11) is 3.89. The molecule has 25 heavy (non-hydrogen) atoms. The lowest BCUT2D eigenvalue weighted by molar-refractivity contribution is -0.153. The lowest BCUT2D eigenvalue weighted by Crippen LogP contribution is -2.30. The molecule has 1 aliphatic rings. The molecular weight excluding hydrogens is 378 g/mol. The minimum atomic E-state index is -0.826. The minimum Gasteiger partial charge on any atom is -0.453 e. The Hall–Kier alpha value is -0.850. The molecule has 0 aliphatic carbocycles. The van der Waals surface area contributed by atoms with Crippen LogP contribution in [0.4, 0.5) is 5.69 Å². The van der Waals surface area contributed by atoms with Crippen molar-refractivity contribution in [1.82, 2.24) is 0 Å². The molecule has 2 atom stereocenters. The maximum Gasteiger partial charge on any atom is 0.306 e. The maximum atomic E-state index is 12.2. The first kappa shape index (κ1) is 20.5. The number of anilines is 1. The predicted molar refractivity (Wildman–Crippen MR) is 107 cm³/mol. The summed E-state index contributed by atoms with van der Waals surface area (Å²) >= 11 is 5.94. The fourth-order valence-electron chi connectivity index (χ4n) is 2.48. The normalized spacial score (nSPS) is 18.0. The molecule has 1 heterocycles. The zero-order chi connectivity index (χ0) is 18.2. The average Bonchev–Trinajstić information content (AvgIpc) is 3.08. The van der Waals surface area contributed by atoms with Crippen molar-refractivity contribution in [3.63, 3.8) is 0 Å². The first-order chi connectivity index (χ1) is 12.0. The van der Waals surface area contributed by atoms with Gasteiger partial charge in [0.25, 0.3) is 5.91 Å². The smallest absolute Gasteiger partial charge is 0.306 e. The highest BCUT2D eigenvalue weighted by Crippen LogP contribution is 2.39. The molecule has 0 radical (unpaired) electrons. The van der Waals surface area contributed by atoms with Crippen molar-refractivity contribution in [2.24, 2.45) is 0 Å². The fourth-order valence-corrected chi connectivity index (χ4v) is 5.68. The van der Waals surface area contributed by atoms with Crippen molar-refractivity contribution in [2.75, 3.05) is 11.1 Å². The number of benzene rings is 1. The third-order valence-corrected chi connectivity index (χ3v) is 7.26. The Morgan fingerprint density at radius 1 is 1.40 bits per heavy atom. The molecule has 0 aromatic heterocycles. The molecule has 7 heteroatoms. The average molecular weight is 402 g/mol. The van der Waals surface area contributed by atoms with Crippen molar-refractivity contribution in [3.8, 4) is 0 Å². The van der Waals surface area contributed by atoms with Gasteiger partial charge >= 0.3 is 5.97 Å². The van der Waals surface area contributed by atoms with Crippen molar-refractivity contribution in [1.29, 1.82) is 0 Å². The molecule has 1 aliphatic heterocycles. The van der Waals surface area contributed by atoms with Crippen molar-refractivity contribution in [3.05, 3.63) is 28.8 Å². The topological polar surface area (TPSA) is 55.4 Å². The second-order valence-electron chi connectivity index (χ2n) is 6.16. The second kappa shape index (κ2) is 10.3. The van der Waals surface area contributed by atoms with Gasteiger partial charge in [-0.05, 0) is 50.8 Å². The monoisotopic (exact) mass is 401 g/mol. The van der Waals surface area contributed by atoms with Gasteiger partial charge in [0.2, 0.25) is 0 Å². The molecule has 2 rings (SSSR count). The molecule has 0 bridgehead atoms. The van der Waals surface area contributed by atoms with E-state index < -0.39 is 6.10 Å². The van der Waals surface area contributed by atoms with Crippen LogP contribution < -0.4 is 5.32 Å². The summed E-state index contributed by atoms with van der Waals surface area (Å²) in [6.45, 7) is 3.46. The summed E-state index contributed by atoms with van der Waals surface area (Å²) in [5.74, 6) is 0.563. The van der Waals surface area contributed by atoms with E-state index in [2.05, 4.69) is 5.32 Å². The van der Waals surface area contributed by atoms with Gasteiger partial charge in [0, 0.05) is 28.1 Å². The number of ether oxygens (including phenoxy) is 1. The van der Waals surface area contributed by atoms with Gasteiger partial charge in [0.1, 0.15) is 0 Å². The molecule has 4 nitrogen and oxygen atoms in total. The van der Waals surface area contributed by atoms with Crippen LogP contribution in [0, 0.1) is 6.92 Å². The number of hydrogen-bond acceptors (Lipinski definition) is 5. The molecule has 1 fully saturated rings. The van der Waals surface area contributed by atoms with E-state index in [4.69, 9.17) is 16.3 Å². The number of amides is 1. The molecule has 1 aromatic rings. The summed E-state index contributed by atoms with van der Waals surface area (Å²) in [6, 6.07) is 5.27. The van der Waals surface area contributed by atoms with Gasteiger partial charge in [-0.2, -0.15) is 0 Å². The maximum absolute atomic E-state index is 12.2. The molecule has 1 N–H and O–H groups in total. The van der Waals surface area contributed by atoms with Crippen molar-refractivity contribution < 1.29 is 14.3 Å². The lowest BCUT2D eigenvalue weighted by Gasteiger charge is -2.15. The summed E-state index contributed by atoms with van der Waals surface area (Å²) in [5, 5.41) is 4.03. The number of carbonyl (C=O) groups excluding carboxylic acids is 2. The first-order valence-electron chi connectivity index (χ1n) is 8.50. The van der Waals surface area contributed by atoms with Crippen LogP contribution in [0.3, 0.4) is 0 Å². The third-order valence-electron chi connectivity index (χ3n) is 4.02. The Labute approximate surface area is 162 Å². The minimum absolute atomic E-state index is 0.320. The van der Waals surface area contributed by atoms with Gasteiger partial charge in [-0.1, -0.05) is 45.7 Å². The van der Waals surface area contributed by atoms with Crippen LogP contribution in [0.25, 0.3) is 0 Å². The number of esters is 1. The highest BCUT2D eigenvalue weighted by atomic mass is 35.5. The molecular formula is C18H24ClNO3S2. The van der Waals surface area contributed by atoms with Crippen molar-refractivity contribution in [2.45, 2.75) is 57.3 Å². The molecule has 1 amide bonds. The largest absolute Gasteiger partial charge is 0.453 e. The SMILES string of the molecule is Cc1ccc(Cl)cc1NC(=O)[C@@H](C)OC(=O)CCCC[C@H]1CCSS1. The van der Waals surface area contributed by atoms with Crippen LogP contribution in [-0.4, -0.2) is 29.0 Å². The standard InChI is InChI=1S/C18H24ClNO3S2/c1-12-7-8-14(19)11-16(12)20-18(22)13(2)23-17(21)6-4-3-5-15-9-10-24-25-15/h7-8,11,13,15H,3-6,9-10H2,1-2H3,(H,20,22)/t13-,15+/m1/s1. The van der Waals surface area contributed by atoms with Crippen LogP contribution in [0.15, 0.2) is 18.2 Å². The number of halogens is 1. The van der Waals surface area contributed by atoms with Crippen LogP contribution in [0.5, 0.6) is 0 Å². The fraction of sp³-hybridized carbons (Fsp3) is 0.556. The van der Waals surface area contributed by atoms with Crippen LogP contribution in [-0.2, 0) is 14.3 Å². The third kappa shape index (κ3) is 7.12. The highest BCUT2D eigenvalue weighted by Gasteiger charge is 2.19. The quantitative estimate of drug-likeness (QED) is 0.367. The first-order valence-corrected chi connectivity index (χ1v) is 11.3. The number of aryl methyl sites for hydroxylation is 1. The second-order valence-corrected chi connectivity index (χ2v) is 9.38. The van der Waals surface area contributed by atoms with E-state index in [0.717, 1.165) is 30.1 Å². The number of nitrogens with one attached hydrogen (secondary N) is 1. The van der Waals surface area contributed by atoms with Gasteiger partial charge in [-0.3, -0.25) is 9.59 Å². The zero-order valence-corrected chi connectivity index (χ0v) is 16.9. The highest BCUT2D eigenvalue weighted by molar-refractivity contribution is 8.77. The predicted octanol–water partition coefficient (Wildman–Crippen LogP) is 5.23. The van der Waals surface area contributed by atoms with Crippen molar-refractivity contribution >= 4 is 50.8 Å². The Morgan fingerprint density at radius 2 is 2.20 bits per heavy atom. The van der Waals surface area contributed by atoms with E-state index >= 15 is 0 Å². The summed E-state index contributed by atoms with van der Waals surface area (Å²) < 4.78 is 5.23. The number of rotatable bonds is 8. The molecule has 138 valence electrons. The van der Waals surface area contributed by atoms with E-state index in [9.17, 15) is 9.59 Å². The molecule has 0 unspecified atom stereocenters. The Balaban J connectivity index is 1.68. The van der Waals surface area contributed by atoms with Gasteiger partial charge < -0.3 is 10.1 Å². The Kier molecular flexibility index (Phi) is 8.46. The molecule has 0 saturated carbocycles. The summed E-state index contributed by atoms with van der Waals surface area (Å²) in [4.78, 5) is 24.1. The van der Waals surface area contributed by atoms with Gasteiger partial charge in [-0.15, -0.1) is 0 Å². The van der Waals surface area contributed by atoms with E-state index in [0.29, 0.717) is 17.1 Å². The van der Waals surface area contributed by atoms with E-state index in [1.165, 1.54) is 12.2 Å². The lowest BCUT2D eigenvalue weighted by atomic mass is 10.1. The van der Waals surface area contributed by atoms with Crippen LogP contribution >= 0.6 is 33.2 Å². The van der Waals surface area contributed by atoms with Crippen LogP contribution in [0.1, 0.15) is 44.6 Å². The summed E-state index contributed by atoms with van der Waals surface area (Å²) in [5.41, 5.74) is 1.53. The van der Waals surface area contributed by atoms with Gasteiger partial charge in [-0.25, -0.2) is 0 Å². The van der Waals surface area contributed by atoms with Gasteiger partial charge in [0.05, 0.1) is 0 Å². The molecule has 0 spiro atoms. The molecule has 1 aromatic carbocycles. The number of carbonyl (C=O) groups is 2. The number of unbranched alkanes of at least 4 members (excludes halogenated alkanes) is 1. The Morgan fingerprint density at radius 3 is 2.92 bits per heavy atom. The van der Waals surface area contributed by atoms with E-state index in [1.54, 1.807) is 19.1 Å². The number of hydrogen-bond donors (Lipinski definition) is 1. The van der Waals surface area contributed by atoms with Crippen LogP contribution in [0.2, 0.25) is 5.02 Å². The zero-order valence-electron chi connectivity index (χ0n) is 14.5. The van der Waals surface area contributed by atoms with E-state index in [-0.39, 0.29) is 11.9 Å². The Bertz CT molecular complexity index is 606.